The molecule has 0 spiro atoms. The summed E-state index contributed by atoms with van der Waals surface area (Å²) < 4.78 is 15.5. The molecule has 0 radical (unpaired) electrons. The van der Waals surface area contributed by atoms with Crippen molar-refractivity contribution in [2.75, 3.05) is 5.32 Å². The summed E-state index contributed by atoms with van der Waals surface area (Å²) in [6, 6.07) is 12.9. The minimum atomic E-state index is -1.16. The molecule has 1 atom stereocenters. The van der Waals surface area contributed by atoms with Crippen LogP contribution in [0.25, 0.3) is 5.69 Å². The van der Waals surface area contributed by atoms with E-state index < -0.39 is 17.7 Å². The zero-order valence-corrected chi connectivity index (χ0v) is 14.7. The lowest BCUT2D eigenvalue weighted by molar-refractivity contribution is -0.116. The maximum absolute atomic E-state index is 13.8. The highest BCUT2D eigenvalue weighted by molar-refractivity contribution is 6.30. The van der Waals surface area contributed by atoms with Crippen molar-refractivity contribution in [1.29, 1.82) is 0 Å². The quantitative estimate of drug-likeness (QED) is 0.701. The number of nitrogens with one attached hydrogen (secondary N) is 1. The minimum Gasteiger partial charge on any atom is -0.478 e. The number of fused-ring (bicyclic) bond motifs is 1. The van der Waals surface area contributed by atoms with Crippen LogP contribution in [0.5, 0.6) is 0 Å². The third-order valence-electron chi connectivity index (χ3n) is 4.60. The van der Waals surface area contributed by atoms with Gasteiger partial charge < -0.3 is 15.0 Å². The van der Waals surface area contributed by atoms with Gasteiger partial charge in [0.1, 0.15) is 11.4 Å². The van der Waals surface area contributed by atoms with Gasteiger partial charge in [0.25, 0.3) is 0 Å². The molecular weight excluding hydrogens is 371 g/mol. The van der Waals surface area contributed by atoms with Crippen LogP contribution in [-0.4, -0.2) is 21.6 Å². The third kappa shape index (κ3) is 3.08. The van der Waals surface area contributed by atoms with Crippen LogP contribution in [0.1, 0.15) is 34.0 Å². The molecule has 0 saturated heterocycles. The van der Waals surface area contributed by atoms with Gasteiger partial charge in [0.2, 0.25) is 5.91 Å². The van der Waals surface area contributed by atoms with E-state index in [1.54, 1.807) is 41.0 Å². The molecule has 5 nitrogen and oxygen atoms in total. The van der Waals surface area contributed by atoms with E-state index in [1.165, 1.54) is 18.3 Å². The second-order valence-corrected chi connectivity index (χ2v) is 6.75. The number of carboxylic acid groups (broad SMARTS) is 1. The van der Waals surface area contributed by atoms with Crippen molar-refractivity contribution in [3.05, 3.63) is 82.4 Å². The summed E-state index contributed by atoms with van der Waals surface area (Å²) in [4.78, 5) is 24.0. The van der Waals surface area contributed by atoms with E-state index in [-0.39, 0.29) is 23.6 Å². The summed E-state index contributed by atoms with van der Waals surface area (Å²) in [6.07, 6.45) is 1.54. The molecule has 3 aromatic rings. The second kappa shape index (κ2) is 6.55. The number of halogens is 2. The number of carbonyl (C=O) groups is 2. The first-order valence-corrected chi connectivity index (χ1v) is 8.61. The molecule has 2 heterocycles. The normalized spacial score (nSPS) is 15.9. The van der Waals surface area contributed by atoms with E-state index in [0.717, 1.165) is 0 Å². The van der Waals surface area contributed by atoms with Gasteiger partial charge in [-0.15, -0.1) is 0 Å². The standard InChI is InChI=1S/C20H14ClFN2O3/c21-12-4-2-6-14(8-12)24-10-16(20(26)27)18-19(24)15(9-17(25)23-18)11-3-1-5-13(22)7-11/h1-8,10,15H,9H2,(H,23,25)(H,26,27)/t15-/m0/s1. The molecule has 1 aliphatic heterocycles. The number of carbonyl (C=O) groups excluding carboxylic acids is 1. The first-order valence-electron chi connectivity index (χ1n) is 8.24. The molecule has 0 fully saturated rings. The predicted octanol–water partition coefficient (Wildman–Crippen LogP) is 4.44. The highest BCUT2D eigenvalue weighted by Gasteiger charge is 2.34. The molecule has 2 N–H and O–H groups in total. The van der Waals surface area contributed by atoms with Gasteiger partial charge >= 0.3 is 5.97 Å². The fourth-order valence-corrected chi connectivity index (χ4v) is 3.65. The Morgan fingerprint density at radius 3 is 2.70 bits per heavy atom. The highest BCUT2D eigenvalue weighted by Crippen LogP contribution is 2.41. The van der Waals surface area contributed by atoms with Gasteiger partial charge in [-0.1, -0.05) is 29.8 Å². The van der Waals surface area contributed by atoms with Gasteiger partial charge in [-0.2, -0.15) is 0 Å². The van der Waals surface area contributed by atoms with Gasteiger partial charge in [-0.05, 0) is 35.9 Å². The highest BCUT2D eigenvalue weighted by atomic mass is 35.5. The first kappa shape index (κ1) is 17.3. The Labute approximate surface area is 159 Å². The van der Waals surface area contributed by atoms with E-state index in [1.807, 2.05) is 0 Å². The Kier molecular flexibility index (Phi) is 4.20. The number of nitrogens with zero attached hydrogens (tertiary/aromatic N) is 1. The lowest BCUT2D eigenvalue weighted by Crippen LogP contribution is -2.25. The van der Waals surface area contributed by atoms with E-state index in [9.17, 15) is 19.1 Å². The summed E-state index contributed by atoms with van der Waals surface area (Å²) in [5.74, 6) is -2.38. The molecule has 1 aliphatic rings. The molecule has 4 rings (SSSR count). The van der Waals surface area contributed by atoms with Crippen molar-refractivity contribution >= 4 is 29.2 Å². The summed E-state index contributed by atoms with van der Waals surface area (Å²) in [5.41, 5.74) is 2.04. The van der Waals surface area contributed by atoms with Crippen molar-refractivity contribution in [1.82, 2.24) is 4.57 Å². The largest absolute Gasteiger partial charge is 0.478 e. The predicted molar refractivity (Wildman–Crippen MR) is 99.2 cm³/mol. The van der Waals surface area contributed by atoms with Crippen LogP contribution < -0.4 is 5.32 Å². The number of anilines is 1. The Morgan fingerprint density at radius 1 is 1.22 bits per heavy atom. The number of rotatable bonds is 3. The average Bonchev–Trinajstić information content (AvgIpc) is 3.00. The van der Waals surface area contributed by atoms with Crippen molar-refractivity contribution in [3.8, 4) is 5.69 Å². The zero-order chi connectivity index (χ0) is 19.1. The number of aromatic carboxylic acids is 1. The number of benzene rings is 2. The molecule has 27 heavy (non-hydrogen) atoms. The number of hydrogen-bond acceptors (Lipinski definition) is 2. The van der Waals surface area contributed by atoms with Crippen molar-refractivity contribution < 1.29 is 19.1 Å². The summed E-state index contributed by atoms with van der Waals surface area (Å²) in [5, 5.41) is 12.7. The van der Waals surface area contributed by atoms with E-state index in [2.05, 4.69) is 5.32 Å². The molecule has 2 aromatic carbocycles. The second-order valence-electron chi connectivity index (χ2n) is 6.32. The smallest absolute Gasteiger partial charge is 0.339 e. The maximum atomic E-state index is 13.8. The molecule has 0 aliphatic carbocycles. The van der Waals surface area contributed by atoms with Gasteiger partial charge in [-0.25, -0.2) is 9.18 Å². The fourth-order valence-electron chi connectivity index (χ4n) is 3.47. The molecule has 0 unspecified atom stereocenters. The first-order chi connectivity index (χ1) is 12.9. The monoisotopic (exact) mass is 384 g/mol. The van der Waals surface area contributed by atoms with Gasteiger partial charge in [0, 0.05) is 29.2 Å². The lowest BCUT2D eigenvalue weighted by Gasteiger charge is -2.26. The summed E-state index contributed by atoms with van der Waals surface area (Å²) >= 11 is 6.10. The summed E-state index contributed by atoms with van der Waals surface area (Å²) in [6.45, 7) is 0. The molecule has 136 valence electrons. The number of aromatic nitrogens is 1. The number of amides is 1. The van der Waals surface area contributed by atoms with Crippen LogP contribution in [0.4, 0.5) is 10.1 Å². The van der Waals surface area contributed by atoms with Crippen LogP contribution in [0.15, 0.2) is 54.7 Å². The maximum Gasteiger partial charge on any atom is 0.339 e. The minimum absolute atomic E-state index is 0.0283. The fraction of sp³-hybridized carbons (Fsp3) is 0.100. The van der Waals surface area contributed by atoms with Gasteiger partial charge in [0.05, 0.1) is 11.4 Å². The van der Waals surface area contributed by atoms with Crippen LogP contribution in [0, 0.1) is 5.82 Å². The Hall–Kier alpha value is -3.12. The lowest BCUT2D eigenvalue weighted by atomic mass is 9.88. The van der Waals surface area contributed by atoms with Gasteiger partial charge in [-0.3, -0.25) is 4.79 Å². The van der Waals surface area contributed by atoms with Crippen molar-refractivity contribution in [3.63, 3.8) is 0 Å². The Balaban J connectivity index is 1.99. The third-order valence-corrected chi connectivity index (χ3v) is 4.83. The van der Waals surface area contributed by atoms with E-state index in [0.29, 0.717) is 22.0 Å². The summed E-state index contributed by atoms with van der Waals surface area (Å²) in [7, 11) is 0. The Bertz CT molecular complexity index is 1080. The van der Waals surface area contributed by atoms with Crippen molar-refractivity contribution in [2.24, 2.45) is 0 Å². The number of hydrogen-bond donors (Lipinski definition) is 2. The zero-order valence-electron chi connectivity index (χ0n) is 13.9. The van der Waals surface area contributed by atoms with Crippen LogP contribution in [0.3, 0.4) is 0 Å². The molecule has 0 bridgehead atoms. The topological polar surface area (TPSA) is 71.3 Å². The van der Waals surface area contributed by atoms with Crippen molar-refractivity contribution in [2.45, 2.75) is 12.3 Å². The van der Waals surface area contributed by atoms with E-state index in [4.69, 9.17) is 11.6 Å². The molecule has 7 heteroatoms. The Morgan fingerprint density at radius 2 is 2.00 bits per heavy atom. The van der Waals surface area contributed by atoms with E-state index >= 15 is 0 Å². The molecule has 1 aromatic heterocycles. The van der Waals surface area contributed by atoms with Gasteiger partial charge in [0.15, 0.2) is 0 Å². The van der Waals surface area contributed by atoms with Crippen LogP contribution in [-0.2, 0) is 4.79 Å². The average molecular weight is 385 g/mol. The molecular formula is C20H14ClFN2O3. The molecule has 0 saturated carbocycles. The van der Waals surface area contributed by atoms with Crippen LogP contribution >= 0.6 is 11.6 Å². The van der Waals surface area contributed by atoms with Crippen LogP contribution in [0.2, 0.25) is 5.02 Å². The number of carboxylic acids is 1. The molecule has 1 amide bonds. The SMILES string of the molecule is O=C1C[C@@H](c2cccc(F)c2)c2c(c(C(=O)O)cn2-c2cccc(Cl)c2)N1.